The molecule has 0 fully saturated rings. The predicted molar refractivity (Wildman–Crippen MR) is 124 cm³/mol. The highest BCUT2D eigenvalue weighted by Crippen LogP contribution is 2.38. The van der Waals surface area contributed by atoms with E-state index in [1.807, 2.05) is 31.2 Å². The van der Waals surface area contributed by atoms with Gasteiger partial charge in [-0.25, -0.2) is 0 Å². The number of aryl methyl sites for hydroxylation is 2. The summed E-state index contributed by atoms with van der Waals surface area (Å²) >= 11 is 7.71. The maximum atomic E-state index is 13.3. The number of anilines is 2. The van der Waals surface area contributed by atoms with Crippen LogP contribution in [0.3, 0.4) is 0 Å². The molecule has 2 aromatic carbocycles. The SMILES string of the molecule is Cc1ccccc1NC(=O)c1c(NC(=O)c2ccccc2Cl)sc2c1CCCCC2. The highest BCUT2D eigenvalue weighted by Gasteiger charge is 2.26. The van der Waals surface area contributed by atoms with Crippen LogP contribution in [0.4, 0.5) is 10.7 Å². The van der Waals surface area contributed by atoms with Gasteiger partial charge >= 0.3 is 0 Å². The maximum Gasteiger partial charge on any atom is 0.258 e. The number of hydrogen-bond acceptors (Lipinski definition) is 3. The number of nitrogens with one attached hydrogen (secondary N) is 2. The first kappa shape index (κ1) is 20.6. The number of hydrogen-bond donors (Lipinski definition) is 2. The molecular formula is C24H23ClN2O2S. The summed E-state index contributed by atoms with van der Waals surface area (Å²) in [5.41, 5.74) is 3.82. The second-order valence-electron chi connectivity index (χ2n) is 7.47. The van der Waals surface area contributed by atoms with Gasteiger partial charge in [-0.05, 0) is 61.9 Å². The standard InChI is InChI=1S/C24H23ClN2O2S/c1-15-9-5-8-13-19(15)26-23(29)21-17-11-3-2-4-14-20(17)30-24(21)27-22(28)16-10-6-7-12-18(16)25/h5-10,12-13H,2-4,11,14H2,1H3,(H,26,29)(H,27,28). The van der Waals surface area contributed by atoms with Crippen molar-refractivity contribution in [2.24, 2.45) is 0 Å². The van der Waals surface area contributed by atoms with Gasteiger partial charge in [0.15, 0.2) is 0 Å². The molecule has 0 bridgehead atoms. The molecule has 0 atom stereocenters. The minimum Gasteiger partial charge on any atom is -0.322 e. The summed E-state index contributed by atoms with van der Waals surface area (Å²) in [5.74, 6) is -0.486. The van der Waals surface area contributed by atoms with Crippen molar-refractivity contribution in [3.63, 3.8) is 0 Å². The zero-order valence-electron chi connectivity index (χ0n) is 16.8. The lowest BCUT2D eigenvalue weighted by molar-refractivity contribution is 0.102. The van der Waals surface area contributed by atoms with E-state index in [1.165, 1.54) is 16.2 Å². The molecule has 6 heteroatoms. The van der Waals surface area contributed by atoms with Gasteiger partial charge in [0.1, 0.15) is 5.00 Å². The molecule has 0 saturated carbocycles. The van der Waals surface area contributed by atoms with Crippen molar-refractivity contribution in [2.45, 2.75) is 39.0 Å². The van der Waals surface area contributed by atoms with Crippen LogP contribution in [0, 0.1) is 6.92 Å². The number of thiophene rings is 1. The van der Waals surface area contributed by atoms with Crippen LogP contribution < -0.4 is 10.6 Å². The molecule has 1 aromatic heterocycles. The molecule has 2 amide bonds. The lowest BCUT2D eigenvalue weighted by Crippen LogP contribution is -2.18. The molecule has 4 nitrogen and oxygen atoms in total. The summed E-state index contributed by atoms with van der Waals surface area (Å²) in [6.07, 6.45) is 5.09. The summed E-state index contributed by atoms with van der Waals surface area (Å²) in [6, 6.07) is 14.6. The highest BCUT2D eigenvalue weighted by atomic mass is 35.5. The number of fused-ring (bicyclic) bond motifs is 1. The molecule has 0 saturated heterocycles. The first-order valence-corrected chi connectivity index (χ1v) is 11.3. The van der Waals surface area contributed by atoms with Crippen molar-refractivity contribution in [1.29, 1.82) is 0 Å². The van der Waals surface area contributed by atoms with E-state index >= 15 is 0 Å². The zero-order valence-corrected chi connectivity index (χ0v) is 18.3. The number of carbonyl (C=O) groups excluding carboxylic acids is 2. The number of carbonyl (C=O) groups is 2. The number of halogens is 1. The van der Waals surface area contributed by atoms with Crippen molar-refractivity contribution >= 4 is 45.4 Å². The normalized spacial score (nSPS) is 13.3. The summed E-state index contributed by atoms with van der Waals surface area (Å²) in [7, 11) is 0. The second kappa shape index (κ2) is 9.02. The van der Waals surface area contributed by atoms with E-state index in [-0.39, 0.29) is 11.8 Å². The van der Waals surface area contributed by atoms with Gasteiger partial charge in [-0.3, -0.25) is 9.59 Å². The average molecular weight is 439 g/mol. The third-order valence-corrected chi connectivity index (χ3v) is 6.92. The second-order valence-corrected chi connectivity index (χ2v) is 8.98. The van der Waals surface area contributed by atoms with Gasteiger partial charge in [0, 0.05) is 10.6 Å². The topological polar surface area (TPSA) is 58.2 Å². The smallest absolute Gasteiger partial charge is 0.258 e. The predicted octanol–water partition coefficient (Wildman–Crippen LogP) is 6.48. The average Bonchev–Trinajstić information content (AvgIpc) is 2.90. The molecule has 30 heavy (non-hydrogen) atoms. The molecule has 1 heterocycles. The molecule has 0 radical (unpaired) electrons. The van der Waals surface area contributed by atoms with Crippen molar-refractivity contribution in [3.8, 4) is 0 Å². The monoisotopic (exact) mass is 438 g/mol. The van der Waals surface area contributed by atoms with Crippen LogP contribution in [0.25, 0.3) is 0 Å². The molecule has 4 rings (SSSR count). The van der Waals surface area contributed by atoms with Gasteiger partial charge in [0.05, 0.1) is 16.1 Å². The van der Waals surface area contributed by atoms with Gasteiger partial charge in [-0.2, -0.15) is 0 Å². The van der Waals surface area contributed by atoms with Crippen molar-refractivity contribution in [1.82, 2.24) is 0 Å². The first-order valence-electron chi connectivity index (χ1n) is 10.1. The van der Waals surface area contributed by atoms with E-state index in [1.54, 1.807) is 24.3 Å². The third-order valence-electron chi connectivity index (χ3n) is 5.39. The Morgan fingerprint density at radius 3 is 2.43 bits per heavy atom. The van der Waals surface area contributed by atoms with Crippen molar-refractivity contribution < 1.29 is 9.59 Å². The Morgan fingerprint density at radius 1 is 0.900 bits per heavy atom. The maximum absolute atomic E-state index is 13.3. The van der Waals surface area contributed by atoms with Crippen LogP contribution in [0.1, 0.15) is 56.0 Å². The fourth-order valence-corrected chi connectivity index (χ4v) is 5.29. The van der Waals surface area contributed by atoms with Crippen LogP contribution in [-0.4, -0.2) is 11.8 Å². The Labute approximate surface area is 185 Å². The summed E-state index contributed by atoms with van der Waals surface area (Å²) < 4.78 is 0. The Morgan fingerprint density at radius 2 is 1.63 bits per heavy atom. The fourth-order valence-electron chi connectivity index (χ4n) is 3.78. The molecule has 3 aromatic rings. The molecule has 0 unspecified atom stereocenters. The van der Waals surface area contributed by atoms with Crippen LogP contribution in [0.15, 0.2) is 48.5 Å². The highest BCUT2D eigenvalue weighted by molar-refractivity contribution is 7.17. The molecular weight excluding hydrogens is 416 g/mol. The molecule has 0 spiro atoms. The van der Waals surface area contributed by atoms with E-state index in [4.69, 9.17) is 11.6 Å². The summed E-state index contributed by atoms with van der Waals surface area (Å²) in [5, 5.41) is 6.98. The van der Waals surface area contributed by atoms with E-state index in [9.17, 15) is 9.59 Å². The lowest BCUT2D eigenvalue weighted by Gasteiger charge is -2.12. The number of amides is 2. The van der Waals surface area contributed by atoms with E-state index in [0.29, 0.717) is 21.2 Å². The lowest BCUT2D eigenvalue weighted by atomic mass is 10.0. The number of rotatable bonds is 4. The van der Waals surface area contributed by atoms with Crippen LogP contribution in [0.2, 0.25) is 5.02 Å². The Bertz CT molecular complexity index is 1110. The van der Waals surface area contributed by atoms with Crippen molar-refractivity contribution in [3.05, 3.63) is 80.7 Å². The quantitative estimate of drug-likeness (QED) is 0.458. The van der Waals surface area contributed by atoms with Gasteiger partial charge < -0.3 is 10.6 Å². The molecule has 0 aliphatic heterocycles. The number of para-hydroxylation sites is 1. The number of benzene rings is 2. The molecule has 2 N–H and O–H groups in total. The zero-order chi connectivity index (χ0) is 21.1. The molecule has 154 valence electrons. The molecule has 1 aliphatic rings. The van der Waals surface area contributed by atoms with E-state index in [2.05, 4.69) is 10.6 Å². The van der Waals surface area contributed by atoms with E-state index in [0.717, 1.165) is 48.9 Å². The van der Waals surface area contributed by atoms with Gasteiger partial charge in [-0.1, -0.05) is 48.4 Å². The largest absolute Gasteiger partial charge is 0.322 e. The van der Waals surface area contributed by atoms with Crippen LogP contribution in [0.5, 0.6) is 0 Å². The van der Waals surface area contributed by atoms with Crippen LogP contribution in [-0.2, 0) is 12.8 Å². The minimum absolute atomic E-state index is 0.182. The molecule has 1 aliphatic carbocycles. The Kier molecular flexibility index (Phi) is 6.21. The fraction of sp³-hybridized carbons (Fsp3) is 0.250. The Balaban J connectivity index is 1.70. The van der Waals surface area contributed by atoms with Crippen LogP contribution >= 0.6 is 22.9 Å². The van der Waals surface area contributed by atoms with Gasteiger partial charge in [0.2, 0.25) is 0 Å². The summed E-state index contributed by atoms with van der Waals surface area (Å²) in [4.78, 5) is 27.4. The van der Waals surface area contributed by atoms with Gasteiger partial charge in [0.25, 0.3) is 11.8 Å². The first-order chi connectivity index (χ1) is 14.5. The van der Waals surface area contributed by atoms with E-state index < -0.39 is 0 Å². The third kappa shape index (κ3) is 4.27. The Hall–Kier alpha value is -2.63. The summed E-state index contributed by atoms with van der Waals surface area (Å²) in [6.45, 7) is 1.96. The van der Waals surface area contributed by atoms with Gasteiger partial charge in [-0.15, -0.1) is 11.3 Å². The van der Waals surface area contributed by atoms with Crippen molar-refractivity contribution in [2.75, 3.05) is 10.6 Å². The minimum atomic E-state index is -0.304.